The molecule has 2 amide bonds. The summed E-state index contributed by atoms with van der Waals surface area (Å²) in [6.07, 6.45) is 1.03. The molecule has 1 aromatic heterocycles. The molecule has 8 nitrogen and oxygen atoms in total. The predicted octanol–water partition coefficient (Wildman–Crippen LogP) is 3.95. The number of amides is 2. The largest absolute Gasteiger partial charge is 0.476 e. The minimum atomic E-state index is -1.14. The van der Waals surface area contributed by atoms with Crippen molar-refractivity contribution in [2.75, 3.05) is 24.5 Å². The van der Waals surface area contributed by atoms with Crippen LogP contribution in [0.2, 0.25) is 0 Å². The number of piperidine rings is 1. The zero-order valence-corrected chi connectivity index (χ0v) is 18.5. The van der Waals surface area contributed by atoms with Crippen molar-refractivity contribution in [1.29, 1.82) is 0 Å². The monoisotopic (exact) mass is 452 g/mol. The normalized spacial score (nSPS) is 14.5. The van der Waals surface area contributed by atoms with Crippen molar-refractivity contribution in [1.82, 2.24) is 14.7 Å². The van der Waals surface area contributed by atoms with E-state index in [0.717, 1.165) is 0 Å². The number of ketones is 1. The van der Waals surface area contributed by atoms with Crippen LogP contribution in [0.3, 0.4) is 0 Å². The van der Waals surface area contributed by atoms with Crippen molar-refractivity contribution in [2.45, 2.75) is 19.8 Å². The lowest BCUT2D eigenvalue weighted by Gasteiger charge is -2.35. The number of aromatic nitrogens is 2. The van der Waals surface area contributed by atoms with Crippen molar-refractivity contribution in [3.8, 4) is 0 Å². The molecule has 1 aliphatic heterocycles. The second-order valence-corrected chi connectivity index (χ2v) is 8.14. The van der Waals surface area contributed by atoms with Crippen LogP contribution >= 0.6 is 0 Å². The van der Waals surface area contributed by atoms with Crippen LogP contribution < -0.4 is 4.90 Å². The van der Waals surface area contributed by atoms with E-state index in [2.05, 4.69) is 5.10 Å². The Morgan fingerprint density at radius 1 is 1.12 bits per heavy atom. The van der Waals surface area contributed by atoms with E-state index in [-0.39, 0.29) is 29.2 Å². The predicted molar refractivity (Wildman–Crippen MR) is 121 cm³/mol. The smallest absolute Gasteiger partial charge is 0.357 e. The van der Waals surface area contributed by atoms with Gasteiger partial charge in [0.2, 0.25) is 0 Å². The Morgan fingerprint density at radius 2 is 1.79 bits per heavy atom. The van der Waals surface area contributed by atoms with E-state index in [1.165, 1.54) is 16.8 Å². The van der Waals surface area contributed by atoms with Gasteiger partial charge in [0.25, 0.3) is 0 Å². The number of carboxylic acid groups (broad SMARTS) is 1. The summed E-state index contributed by atoms with van der Waals surface area (Å²) >= 11 is 0. The molecule has 33 heavy (non-hydrogen) atoms. The number of nitrogens with zero attached hydrogens (tertiary/aromatic N) is 4. The maximum absolute atomic E-state index is 13.2. The highest BCUT2D eigenvalue weighted by Gasteiger charge is 2.30. The Balaban J connectivity index is 1.45. The van der Waals surface area contributed by atoms with Crippen molar-refractivity contribution in [3.05, 3.63) is 59.5 Å². The van der Waals surface area contributed by atoms with Crippen LogP contribution in [0, 0.1) is 11.7 Å². The second kappa shape index (κ2) is 9.01. The van der Waals surface area contributed by atoms with E-state index >= 15 is 0 Å². The number of carbonyl (C=O) groups is 3. The van der Waals surface area contributed by atoms with E-state index in [4.69, 9.17) is 0 Å². The molecule has 2 heterocycles. The maximum atomic E-state index is 13.2. The van der Waals surface area contributed by atoms with Gasteiger partial charge in [0.1, 0.15) is 5.82 Å². The Morgan fingerprint density at radius 3 is 2.39 bits per heavy atom. The van der Waals surface area contributed by atoms with Gasteiger partial charge in [0, 0.05) is 49.2 Å². The minimum absolute atomic E-state index is 0.0601. The van der Waals surface area contributed by atoms with E-state index in [1.807, 2.05) is 6.92 Å². The summed E-state index contributed by atoms with van der Waals surface area (Å²) in [6, 6.07) is 10.6. The molecule has 9 heteroatoms. The third-order valence-corrected chi connectivity index (χ3v) is 6.16. The molecule has 4 rings (SSSR count). The van der Waals surface area contributed by atoms with E-state index in [1.54, 1.807) is 47.2 Å². The maximum Gasteiger partial charge on any atom is 0.357 e. The molecule has 0 bridgehead atoms. The zero-order chi connectivity index (χ0) is 23.7. The number of aryl methyl sites for hydroxylation is 1. The number of carboxylic acids is 1. The fourth-order valence-corrected chi connectivity index (χ4v) is 4.37. The Labute approximate surface area is 190 Å². The molecular formula is C24H25FN4O4. The molecule has 1 N–H and O–H groups in total. The average molecular weight is 452 g/mol. The quantitative estimate of drug-likeness (QED) is 0.592. The summed E-state index contributed by atoms with van der Waals surface area (Å²) in [5.74, 6) is -1.81. The number of likely N-dealkylation sites (tertiary alicyclic amines) is 1. The lowest BCUT2D eigenvalue weighted by Crippen LogP contribution is -2.47. The number of hydrogen-bond acceptors (Lipinski definition) is 4. The highest BCUT2D eigenvalue weighted by atomic mass is 19.1. The topological polar surface area (TPSA) is 95.7 Å². The molecular weight excluding hydrogens is 427 g/mol. The fourth-order valence-electron chi connectivity index (χ4n) is 4.37. The molecule has 3 aromatic rings. The van der Waals surface area contributed by atoms with Gasteiger partial charge in [-0.3, -0.25) is 14.4 Å². The van der Waals surface area contributed by atoms with Gasteiger partial charge >= 0.3 is 12.0 Å². The summed E-state index contributed by atoms with van der Waals surface area (Å²) in [5.41, 5.74) is 1.64. The number of halogens is 1. The average Bonchev–Trinajstić information content (AvgIpc) is 3.16. The number of hydrogen-bond donors (Lipinski definition) is 1. The number of benzene rings is 2. The third kappa shape index (κ3) is 4.30. The van der Waals surface area contributed by atoms with Crippen molar-refractivity contribution < 1.29 is 23.9 Å². The van der Waals surface area contributed by atoms with Gasteiger partial charge in [-0.05, 0) is 62.2 Å². The SMILES string of the molecule is CCN(C(=O)N1CCC(C(=O)c2ccc3c(c2)c(C(=O)O)nn3C)CC1)c1ccc(F)cc1. The summed E-state index contributed by atoms with van der Waals surface area (Å²) in [6.45, 7) is 3.17. The van der Waals surface area contributed by atoms with Gasteiger partial charge in [-0.25, -0.2) is 14.0 Å². The summed E-state index contributed by atoms with van der Waals surface area (Å²) in [7, 11) is 1.66. The van der Waals surface area contributed by atoms with Crippen LogP contribution in [-0.2, 0) is 7.05 Å². The van der Waals surface area contributed by atoms with Gasteiger partial charge in [0.05, 0.1) is 5.52 Å². The van der Waals surface area contributed by atoms with Gasteiger partial charge in [-0.15, -0.1) is 0 Å². The summed E-state index contributed by atoms with van der Waals surface area (Å²) in [4.78, 5) is 40.9. The second-order valence-electron chi connectivity index (χ2n) is 8.14. The number of fused-ring (bicyclic) bond motifs is 1. The summed E-state index contributed by atoms with van der Waals surface area (Å²) < 4.78 is 14.7. The molecule has 0 aliphatic carbocycles. The van der Waals surface area contributed by atoms with Crippen LogP contribution in [0.15, 0.2) is 42.5 Å². The van der Waals surface area contributed by atoms with Crippen LogP contribution in [0.4, 0.5) is 14.9 Å². The molecule has 0 atom stereocenters. The molecule has 0 spiro atoms. The van der Waals surface area contributed by atoms with Gasteiger partial charge in [-0.1, -0.05) is 0 Å². The third-order valence-electron chi connectivity index (χ3n) is 6.16. The summed E-state index contributed by atoms with van der Waals surface area (Å²) in [5, 5.41) is 13.8. The molecule has 1 aliphatic rings. The lowest BCUT2D eigenvalue weighted by atomic mass is 9.88. The minimum Gasteiger partial charge on any atom is -0.476 e. The number of Topliss-reactive ketones (excluding diaryl/α,β-unsaturated/α-hetero) is 1. The number of aromatic carboxylic acids is 1. The highest BCUT2D eigenvalue weighted by Crippen LogP contribution is 2.27. The van der Waals surface area contributed by atoms with E-state index in [0.29, 0.717) is 54.6 Å². The van der Waals surface area contributed by atoms with Gasteiger partial charge in [-0.2, -0.15) is 5.10 Å². The zero-order valence-electron chi connectivity index (χ0n) is 18.5. The number of urea groups is 1. The highest BCUT2D eigenvalue weighted by molar-refractivity contribution is 6.06. The van der Waals surface area contributed by atoms with Crippen LogP contribution in [0.1, 0.15) is 40.6 Å². The Hall–Kier alpha value is -3.75. The number of carbonyl (C=O) groups excluding carboxylic acids is 2. The Bertz CT molecular complexity index is 1210. The number of rotatable bonds is 5. The van der Waals surface area contributed by atoms with Crippen LogP contribution in [0.25, 0.3) is 10.9 Å². The standard InChI is InChI=1S/C24H25FN4O4/c1-3-29(18-7-5-17(25)6-8-18)24(33)28-12-10-15(11-13-28)22(30)16-4-9-20-19(14-16)21(23(31)32)26-27(20)2/h4-9,14-15H,3,10-13H2,1-2H3,(H,31,32). The van der Waals surface area contributed by atoms with Crippen molar-refractivity contribution in [2.24, 2.45) is 13.0 Å². The van der Waals surface area contributed by atoms with Crippen LogP contribution in [0.5, 0.6) is 0 Å². The molecule has 1 saturated heterocycles. The Kier molecular flexibility index (Phi) is 6.13. The van der Waals surface area contributed by atoms with Gasteiger partial charge < -0.3 is 10.0 Å². The first kappa shape index (κ1) is 22.4. The van der Waals surface area contributed by atoms with Crippen molar-refractivity contribution in [3.63, 3.8) is 0 Å². The fraction of sp³-hybridized carbons (Fsp3) is 0.333. The lowest BCUT2D eigenvalue weighted by molar-refractivity contribution is 0.0691. The first-order valence-electron chi connectivity index (χ1n) is 10.9. The van der Waals surface area contributed by atoms with E-state index < -0.39 is 5.97 Å². The number of anilines is 1. The molecule has 0 saturated carbocycles. The van der Waals surface area contributed by atoms with Crippen molar-refractivity contribution >= 4 is 34.4 Å². The van der Waals surface area contributed by atoms with Gasteiger partial charge in [0.15, 0.2) is 11.5 Å². The molecule has 172 valence electrons. The molecule has 0 radical (unpaired) electrons. The first-order valence-corrected chi connectivity index (χ1v) is 10.9. The molecule has 0 unspecified atom stereocenters. The first-order chi connectivity index (χ1) is 15.8. The molecule has 1 fully saturated rings. The van der Waals surface area contributed by atoms with Crippen LogP contribution in [-0.4, -0.2) is 57.2 Å². The van der Waals surface area contributed by atoms with E-state index in [9.17, 15) is 23.9 Å². The molecule has 2 aromatic carbocycles.